The summed E-state index contributed by atoms with van der Waals surface area (Å²) in [5, 5.41) is 0. The molecule has 5 nitrogen and oxygen atoms in total. The summed E-state index contributed by atoms with van der Waals surface area (Å²) < 4.78 is 6.15. The van der Waals surface area contributed by atoms with E-state index in [2.05, 4.69) is 30.8 Å². The van der Waals surface area contributed by atoms with Gasteiger partial charge in [0.15, 0.2) is 5.82 Å². The van der Waals surface area contributed by atoms with E-state index in [0.29, 0.717) is 5.82 Å². The Morgan fingerprint density at radius 2 is 1.73 bits per heavy atom. The smallest absolute Gasteiger partial charge is 0.162 e. The highest BCUT2D eigenvalue weighted by atomic mass is 79.9. The number of nitrogens with two attached hydrogens (primary N) is 1. The van der Waals surface area contributed by atoms with Crippen LogP contribution in [0.2, 0.25) is 0 Å². The van der Waals surface area contributed by atoms with E-state index in [1.165, 1.54) is 0 Å². The number of ether oxygens (including phenoxy) is 1. The Bertz CT molecular complexity index is 598. The average Bonchev–Trinajstić information content (AvgIpc) is 2.57. The minimum Gasteiger partial charge on any atom is -0.399 e. The van der Waals surface area contributed by atoms with E-state index in [1.54, 1.807) is 0 Å². The zero-order valence-electron chi connectivity index (χ0n) is 12.9. The highest BCUT2D eigenvalue weighted by Gasteiger charge is 2.15. The lowest BCUT2D eigenvalue weighted by molar-refractivity contribution is 0.122. The molecule has 1 aliphatic rings. The molecule has 1 fully saturated rings. The summed E-state index contributed by atoms with van der Waals surface area (Å²) >= 11 is 3.46. The van der Waals surface area contributed by atoms with Gasteiger partial charge < -0.3 is 15.4 Å². The lowest BCUT2D eigenvalue weighted by Gasteiger charge is -2.28. The number of halogens is 1. The van der Waals surface area contributed by atoms with Crippen molar-refractivity contribution in [2.45, 2.75) is 13.8 Å². The molecule has 0 unspecified atom stereocenters. The number of nitrogen functional groups attached to an aromatic ring is 1. The summed E-state index contributed by atoms with van der Waals surface area (Å²) in [5.41, 5.74) is 7.40. The molecule has 0 bridgehead atoms. The second-order valence-electron chi connectivity index (χ2n) is 4.59. The van der Waals surface area contributed by atoms with Crippen molar-refractivity contribution in [3.63, 3.8) is 0 Å². The monoisotopic (exact) mass is 364 g/mol. The molecule has 1 saturated heterocycles. The molecule has 0 amide bonds. The van der Waals surface area contributed by atoms with E-state index in [4.69, 9.17) is 10.5 Å². The van der Waals surface area contributed by atoms with Gasteiger partial charge in [-0.1, -0.05) is 13.8 Å². The van der Waals surface area contributed by atoms with Crippen LogP contribution in [0.4, 0.5) is 11.5 Å². The third-order valence-corrected chi connectivity index (χ3v) is 3.59. The largest absolute Gasteiger partial charge is 0.399 e. The molecule has 22 heavy (non-hydrogen) atoms. The third-order valence-electron chi connectivity index (χ3n) is 3.19. The Kier molecular flexibility index (Phi) is 6.15. The predicted molar refractivity (Wildman–Crippen MR) is 94.0 cm³/mol. The fourth-order valence-electron chi connectivity index (χ4n) is 2.12. The molecule has 0 aliphatic carbocycles. The van der Waals surface area contributed by atoms with Crippen molar-refractivity contribution in [3.05, 3.63) is 34.9 Å². The molecule has 2 heterocycles. The first-order valence-corrected chi connectivity index (χ1v) is 8.25. The highest BCUT2D eigenvalue weighted by Crippen LogP contribution is 2.24. The van der Waals surface area contributed by atoms with Gasteiger partial charge in [-0.3, -0.25) is 0 Å². The quantitative estimate of drug-likeness (QED) is 0.653. The molecule has 0 atom stereocenters. The van der Waals surface area contributed by atoms with Gasteiger partial charge in [-0.25, -0.2) is 9.97 Å². The van der Waals surface area contributed by atoms with E-state index in [-0.39, 0.29) is 0 Å². The van der Waals surface area contributed by atoms with Gasteiger partial charge in [0.05, 0.1) is 13.2 Å². The van der Waals surface area contributed by atoms with Crippen LogP contribution < -0.4 is 10.6 Å². The van der Waals surface area contributed by atoms with Crippen LogP contribution in [0.1, 0.15) is 13.8 Å². The molecule has 0 spiro atoms. The lowest BCUT2D eigenvalue weighted by atomic mass is 10.2. The van der Waals surface area contributed by atoms with Gasteiger partial charge >= 0.3 is 0 Å². The van der Waals surface area contributed by atoms with Crippen LogP contribution in [0.25, 0.3) is 11.4 Å². The molecule has 2 aromatic rings. The van der Waals surface area contributed by atoms with Gasteiger partial charge in [0, 0.05) is 30.4 Å². The summed E-state index contributed by atoms with van der Waals surface area (Å²) in [6, 6.07) is 9.51. The van der Waals surface area contributed by atoms with E-state index in [1.807, 2.05) is 44.2 Å². The molecule has 2 N–H and O–H groups in total. The normalized spacial score (nSPS) is 14.2. The highest BCUT2D eigenvalue weighted by molar-refractivity contribution is 9.10. The lowest BCUT2D eigenvalue weighted by Crippen LogP contribution is -2.36. The zero-order valence-corrected chi connectivity index (χ0v) is 14.5. The molecular formula is C16H21BrN4O. The topological polar surface area (TPSA) is 64.3 Å². The first kappa shape index (κ1) is 16.7. The minimum absolute atomic E-state index is 0.695. The number of morpholine rings is 1. The van der Waals surface area contributed by atoms with Crippen molar-refractivity contribution in [3.8, 4) is 11.4 Å². The summed E-state index contributed by atoms with van der Waals surface area (Å²) in [6.45, 7) is 7.17. The number of hydrogen-bond donors (Lipinski definition) is 1. The molecule has 1 aromatic heterocycles. The van der Waals surface area contributed by atoms with Crippen LogP contribution in [0, 0.1) is 0 Å². The summed E-state index contributed by atoms with van der Waals surface area (Å²) in [7, 11) is 0. The van der Waals surface area contributed by atoms with Crippen LogP contribution in [0.15, 0.2) is 34.9 Å². The van der Waals surface area contributed by atoms with Crippen molar-refractivity contribution in [2.24, 2.45) is 0 Å². The Labute approximate surface area is 139 Å². The number of nitrogens with zero attached hydrogens (tertiary/aromatic N) is 3. The number of rotatable bonds is 2. The Balaban J connectivity index is 0.000000847. The van der Waals surface area contributed by atoms with Gasteiger partial charge in [0.1, 0.15) is 10.4 Å². The zero-order chi connectivity index (χ0) is 15.9. The maximum Gasteiger partial charge on any atom is 0.162 e. The van der Waals surface area contributed by atoms with E-state index < -0.39 is 0 Å². The van der Waals surface area contributed by atoms with E-state index in [9.17, 15) is 0 Å². The molecule has 0 radical (unpaired) electrons. The van der Waals surface area contributed by atoms with Gasteiger partial charge in [0.2, 0.25) is 0 Å². The maximum absolute atomic E-state index is 5.71. The van der Waals surface area contributed by atoms with Gasteiger partial charge in [0.25, 0.3) is 0 Å². The predicted octanol–water partition coefficient (Wildman–Crippen LogP) is 3.35. The first-order valence-electron chi connectivity index (χ1n) is 7.45. The van der Waals surface area contributed by atoms with Crippen molar-refractivity contribution >= 4 is 27.4 Å². The van der Waals surface area contributed by atoms with Crippen LogP contribution in [0.5, 0.6) is 0 Å². The van der Waals surface area contributed by atoms with Crippen molar-refractivity contribution in [2.75, 3.05) is 36.9 Å². The van der Waals surface area contributed by atoms with Crippen LogP contribution in [-0.2, 0) is 4.74 Å². The van der Waals surface area contributed by atoms with Crippen LogP contribution in [0.3, 0.4) is 0 Å². The number of aromatic nitrogens is 2. The molecule has 3 rings (SSSR count). The van der Waals surface area contributed by atoms with Gasteiger partial charge in [-0.05, 0) is 40.2 Å². The number of anilines is 2. The number of benzene rings is 1. The van der Waals surface area contributed by atoms with Gasteiger partial charge in [-0.2, -0.15) is 0 Å². The standard InChI is InChI=1S/C14H15BrN4O.C2H6/c15-12-9-13(19-5-7-20-8-6-19)18-14(17-12)10-1-3-11(16)4-2-10;1-2/h1-4,9H,5-8,16H2;1-2H3. The van der Waals surface area contributed by atoms with Crippen LogP contribution in [-0.4, -0.2) is 36.3 Å². The fourth-order valence-corrected chi connectivity index (χ4v) is 2.49. The summed E-state index contributed by atoms with van der Waals surface area (Å²) in [5.74, 6) is 1.61. The Morgan fingerprint density at radius 1 is 1.09 bits per heavy atom. The molecule has 1 aromatic carbocycles. The van der Waals surface area contributed by atoms with Crippen molar-refractivity contribution in [1.82, 2.24) is 9.97 Å². The van der Waals surface area contributed by atoms with Crippen molar-refractivity contribution in [1.29, 1.82) is 0 Å². The second-order valence-corrected chi connectivity index (χ2v) is 5.41. The molecule has 1 aliphatic heterocycles. The molecule has 0 saturated carbocycles. The SMILES string of the molecule is CC.Nc1ccc(-c2nc(Br)cc(N3CCOCC3)n2)cc1. The van der Waals surface area contributed by atoms with Gasteiger partial charge in [-0.15, -0.1) is 0 Å². The number of hydrogen-bond acceptors (Lipinski definition) is 5. The first-order chi connectivity index (χ1) is 10.7. The molecular weight excluding hydrogens is 344 g/mol. The maximum atomic E-state index is 5.71. The fraction of sp³-hybridized carbons (Fsp3) is 0.375. The van der Waals surface area contributed by atoms with Crippen molar-refractivity contribution < 1.29 is 4.74 Å². The molecule has 118 valence electrons. The van der Waals surface area contributed by atoms with E-state index in [0.717, 1.165) is 48.0 Å². The summed E-state index contributed by atoms with van der Waals surface area (Å²) in [6.07, 6.45) is 0. The Hall–Kier alpha value is -1.66. The summed E-state index contributed by atoms with van der Waals surface area (Å²) in [4.78, 5) is 11.3. The van der Waals surface area contributed by atoms with E-state index >= 15 is 0 Å². The minimum atomic E-state index is 0.695. The Morgan fingerprint density at radius 3 is 2.36 bits per heavy atom. The average molecular weight is 365 g/mol. The molecule has 6 heteroatoms. The third kappa shape index (κ3) is 4.18. The van der Waals surface area contributed by atoms with Crippen LogP contribution >= 0.6 is 15.9 Å². The second kappa shape index (κ2) is 8.10.